The van der Waals surface area contributed by atoms with E-state index in [1.165, 1.54) is 7.11 Å². The fourth-order valence-electron chi connectivity index (χ4n) is 0.953. The zero-order valence-corrected chi connectivity index (χ0v) is 6.97. The van der Waals surface area contributed by atoms with Gasteiger partial charge in [0.25, 0.3) is 0 Å². The Morgan fingerprint density at radius 2 is 2.00 bits per heavy atom. The van der Waals surface area contributed by atoms with Crippen LogP contribution in [-0.4, -0.2) is 7.11 Å². The molecule has 66 valence electrons. The highest BCUT2D eigenvalue weighted by Crippen LogP contribution is 2.19. The van der Waals surface area contributed by atoms with E-state index in [-0.39, 0.29) is 5.56 Å². The fraction of sp³-hybridized carbons (Fsp3) is 0.333. The Bertz CT molecular complexity index is 273. The van der Waals surface area contributed by atoms with Crippen LogP contribution in [0.25, 0.3) is 0 Å². The molecule has 0 amide bonds. The summed E-state index contributed by atoms with van der Waals surface area (Å²) >= 11 is 0. The summed E-state index contributed by atoms with van der Waals surface area (Å²) < 4.78 is 30.4. The molecular weight excluding hydrogens is 162 g/mol. The Morgan fingerprint density at radius 3 is 2.58 bits per heavy atom. The number of hydrogen-bond donors (Lipinski definition) is 0. The first-order valence-corrected chi connectivity index (χ1v) is 3.63. The van der Waals surface area contributed by atoms with Crippen LogP contribution >= 0.6 is 0 Å². The van der Waals surface area contributed by atoms with Gasteiger partial charge in [0, 0.05) is 12.7 Å². The lowest BCUT2D eigenvalue weighted by atomic mass is 10.1. The van der Waals surface area contributed by atoms with Crippen LogP contribution in [0.1, 0.15) is 18.6 Å². The largest absolute Gasteiger partial charge is 0.377 e. The summed E-state index contributed by atoms with van der Waals surface area (Å²) in [7, 11) is 1.45. The van der Waals surface area contributed by atoms with Crippen molar-refractivity contribution >= 4 is 0 Å². The van der Waals surface area contributed by atoms with E-state index in [0.29, 0.717) is 0 Å². The Morgan fingerprint density at radius 1 is 1.33 bits per heavy atom. The van der Waals surface area contributed by atoms with E-state index in [1.807, 2.05) is 0 Å². The molecular formula is C9H10F2O. The molecule has 0 fully saturated rings. The van der Waals surface area contributed by atoms with Crippen LogP contribution in [0.5, 0.6) is 0 Å². The molecule has 1 nitrogen and oxygen atoms in total. The van der Waals surface area contributed by atoms with Crippen molar-refractivity contribution in [3.05, 3.63) is 35.4 Å². The van der Waals surface area contributed by atoms with Gasteiger partial charge in [-0.1, -0.05) is 0 Å². The SMILES string of the molecule is COC(C)c1cc(F)ccc1F. The Labute approximate surface area is 70.0 Å². The number of methoxy groups -OCH3 is 1. The molecule has 1 aromatic carbocycles. The topological polar surface area (TPSA) is 9.23 Å². The summed E-state index contributed by atoms with van der Waals surface area (Å²) in [6, 6.07) is 3.32. The van der Waals surface area contributed by atoms with E-state index in [4.69, 9.17) is 4.74 Å². The lowest BCUT2D eigenvalue weighted by Gasteiger charge is -2.10. The minimum Gasteiger partial charge on any atom is -0.377 e. The van der Waals surface area contributed by atoms with E-state index in [1.54, 1.807) is 6.92 Å². The number of halogens is 2. The quantitative estimate of drug-likeness (QED) is 0.666. The first-order valence-electron chi connectivity index (χ1n) is 3.63. The van der Waals surface area contributed by atoms with Gasteiger partial charge in [-0.05, 0) is 25.1 Å². The summed E-state index contributed by atoms with van der Waals surface area (Å²) in [6.07, 6.45) is -0.416. The molecule has 1 aromatic rings. The minimum absolute atomic E-state index is 0.248. The summed E-state index contributed by atoms with van der Waals surface area (Å²) in [4.78, 5) is 0. The molecule has 1 rings (SSSR count). The standard InChI is InChI=1S/C9H10F2O/c1-6(12-2)8-5-7(10)3-4-9(8)11/h3-6H,1-2H3. The molecule has 3 heteroatoms. The van der Waals surface area contributed by atoms with Gasteiger partial charge in [0.05, 0.1) is 6.10 Å². The van der Waals surface area contributed by atoms with Crippen molar-refractivity contribution < 1.29 is 13.5 Å². The molecule has 0 aromatic heterocycles. The van der Waals surface area contributed by atoms with Gasteiger partial charge in [0.2, 0.25) is 0 Å². The van der Waals surface area contributed by atoms with Crippen molar-refractivity contribution in [2.45, 2.75) is 13.0 Å². The van der Waals surface area contributed by atoms with Crippen LogP contribution in [0.3, 0.4) is 0 Å². The predicted molar refractivity (Wildman–Crippen MR) is 41.8 cm³/mol. The Hall–Kier alpha value is -0.960. The molecule has 1 atom stereocenters. The fourth-order valence-corrected chi connectivity index (χ4v) is 0.953. The van der Waals surface area contributed by atoms with Gasteiger partial charge in [-0.3, -0.25) is 0 Å². The molecule has 1 unspecified atom stereocenters. The third kappa shape index (κ3) is 1.80. The summed E-state index contributed by atoms with van der Waals surface area (Å²) in [5.41, 5.74) is 0.248. The van der Waals surface area contributed by atoms with Crippen LogP contribution in [0, 0.1) is 11.6 Å². The van der Waals surface area contributed by atoms with E-state index in [2.05, 4.69) is 0 Å². The van der Waals surface area contributed by atoms with E-state index < -0.39 is 17.7 Å². The van der Waals surface area contributed by atoms with Crippen molar-refractivity contribution in [2.24, 2.45) is 0 Å². The molecule has 0 saturated heterocycles. The van der Waals surface area contributed by atoms with Crippen LogP contribution in [0.15, 0.2) is 18.2 Å². The lowest BCUT2D eigenvalue weighted by molar-refractivity contribution is 0.116. The monoisotopic (exact) mass is 172 g/mol. The summed E-state index contributed by atoms with van der Waals surface area (Å²) in [5.74, 6) is -0.888. The molecule has 0 heterocycles. The lowest BCUT2D eigenvalue weighted by Crippen LogP contribution is -1.99. The first kappa shape index (κ1) is 9.13. The van der Waals surface area contributed by atoms with Crippen LogP contribution < -0.4 is 0 Å². The van der Waals surface area contributed by atoms with Gasteiger partial charge in [0.15, 0.2) is 0 Å². The molecule has 0 saturated carbocycles. The van der Waals surface area contributed by atoms with Crippen molar-refractivity contribution in [1.82, 2.24) is 0 Å². The van der Waals surface area contributed by atoms with Crippen molar-refractivity contribution in [1.29, 1.82) is 0 Å². The average molecular weight is 172 g/mol. The van der Waals surface area contributed by atoms with E-state index in [9.17, 15) is 8.78 Å². The van der Waals surface area contributed by atoms with Gasteiger partial charge in [-0.25, -0.2) is 8.78 Å². The third-order valence-corrected chi connectivity index (χ3v) is 1.75. The third-order valence-electron chi connectivity index (χ3n) is 1.75. The smallest absolute Gasteiger partial charge is 0.129 e. The second-order valence-electron chi connectivity index (χ2n) is 2.54. The van der Waals surface area contributed by atoms with Gasteiger partial charge < -0.3 is 4.74 Å². The highest BCUT2D eigenvalue weighted by atomic mass is 19.1. The van der Waals surface area contributed by atoms with Crippen molar-refractivity contribution in [3.63, 3.8) is 0 Å². The molecule has 0 radical (unpaired) electrons. The number of ether oxygens (including phenoxy) is 1. The second kappa shape index (κ2) is 3.63. The average Bonchev–Trinajstić information content (AvgIpc) is 2.08. The van der Waals surface area contributed by atoms with Gasteiger partial charge in [-0.2, -0.15) is 0 Å². The van der Waals surface area contributed by atoms with Crippen molar-refractivity contribution in [2.75, 3.05) is 7.11 Å². The summed E-state index contributed by atoms with van der Waals surface area (Å²) in [6.45, 7) is 1.66. The predicted octanol–water partition coefficient (Wildman–Crippen LogP) is 2.67. The summed E-state index contributed by atoms with van der Waals surface area (Å²) in [5, 5.41) is 0. The highest BCUT2D eigenvalue weighted by molar-refractivity contribution is 5.20. The normalized spacial score (nSPS) is 13.0. The van der Waals surface area contributed by atoms with Gasteiger partial charge in [0.1, 0.15) is 11.6 Å². The maximum atomic E-state index is 13.0. The molecule has 0 bridgehead atoms. The molecule has 12 heavy (non-hydrogen) atoms. The van der Waals surface area contributed by atoms with Crippen LogP contribution in [0.2, 0.25) is 0 Å². The van der Waals surface area contributed by atoms with Gasteiger partial charge >= 0.3 is 0 Å². The van der Waals surface area contributed by atoms with Crippen molar-refractivity contribution in [3.8, 4) is 0 Å². The molecule has 0 aliphatic carbocycles. The first-order chi connectivity index (χ1) is 5.65. The highest BCUT2D eigenvalue weighted by Gasteiger charge is 2.10. The van der Waals surface area contributed by atoms with E-state index >= 15 is 0 Å². The zero-order valence-electron chi connectivity index (χ0n) is 6.97. The minimum atomic E-state index is -0.449. The zero-order chi connectivity index (χ0) is 9.14. The van der Waals surface area contributed by atoms with Gasteiger partial charge in [-0.15, -0.1) is 0 Å². The maximum Gasteiger partial charge on any atom is 0.129 e. The van der Waals surface area contributed by atoms with Crippen LogP contribution in [-0.2, 0) is 4.74 Å². The number of benzene rings is 1. The molecule has 0 aliphatic heterocycles. The molecule has 0 N–H and O–H groups in total. The number of hydrogen-bond acceptors (Lipinski definition) is 1. The number of rotatable bonds is 2. The molecule has 0 spiro atoms. The maximum absolute atomic E-state index is 13.0. The van der Waals surface area contributed by atoms with Crippen LogP contribution in [0.4, 0.5) is 8.78 Å². The molecule has 0 aliphatic rings. The second-order valence-corrected chi connectivity index (χ2v) is 2.54. The Balaban J connectivity index is 3.04. The van der Waals surface area contributed by atoms with E-state index in [0.717, 1.165) is 18.2 Å². The Kier molecular flexibility index (Phi) is 2.76.